The molecule has 2 aliphatic heterocycles. The number of nitrogens with one attached hydrogen (secondary N) is 1. The molecule has 1 aromatic carbocycles. The van der Waals surface area contributed by atoms with Gasteiger partial charge in [-0.05, 0) is 52.7 Å². The fourth-order valence-corrected chi connectivity index (χ4v) is 5.28. The van der Waals surface area contributed by atoms with Crippen LogP contribution in [0.25, 0.3) is 5.69 Å². The fourth-order valence-electron chi connectivity index (χ4n) is 4.43. The summed E-state index contributed by atoms with van der Waals surface area (Å²) in [7, 11) is 0. The maximum Gasteiger partial charge on any atom is 0.234 e. The molecule has 2 aliphatic rings. The van der Waals surface area contributed by atoms with E-state index in [2.05, 4.69) is 61.1 Å². The minimum atomic E-state index is -0.236. The monoisotopic (exact) mass is 499 g/mol. The van der Waals surface area contributed by atoms with E-state index in [1.54, 1.807) is 0 Å². The van der Waals surface area contributed by atoms with Gasteiger partial charge >= 0.3 is 0 Å². The standard InChI is InChI=1S/C25H37N7O2S/c1-19-7-9-20(10-8-19)32-23(31-11-5-6-12-31)27-28-24(32)35-18-22(34)30-15-13-29(14-16-30)17-21(33)26-25(2,3)4/h7-10H,5-6,11-18H2,1-4H3,(H,26,33). The quantitative estimate of drug-likeness (QED) is 0.585. The zero-order valence-corrected chi connectivity index (χ0v) is 22.1. The summed E-state index contributed by atoms with van der Waals surface area (Å²) >= 11 is 1.44. The first-order valence-electron chi connectivity index (χ1n) is 12.4. The molecular formula is C25H37N7O2S. The predicted molar refractivity (Wildman–Crippen MR) is 139 cm³/mol. The maximum atomic E-state index is 13.0. The van der Waals surface area contributed by atoms with Crippen LogP contribution in [0.2, 0.25) is 0 Å². The summed E-state index contributed by atoms with van der Waals surface area (Å²) < 4.78 is 2.08. The Labute approximate surface area is 212 Å². The Hall–Kier alpha value is -2.59. The summed E-state index contributed by atoms with van der Waals surface area (Å²) in [6, 6.07) is 8.34. The first kappa shape index (κ1) is 25.5. The minimum Gasteiger partial charge on any atom is -0.350 e. The number of nitrogens with zero attached hydrogens (tertiary/aromatic N) is 6. The first-order valence-corrected chi connectivity index (χ1v) is 13.4. The van der Waals surface area contributed by atoms with Crippen LogP contribution in [0.3, 0.4) is 0 Å². The normalized spacial score (nSPS) is 17.1. The van der Waals surface area contributed by atoms with Crippen LogP contribution in [0, 0.1) is 6.92 Å². The van der Waals surface area contributed by atoms with Crippen LogP contribution in [0.15, 0.2) is 29.4 Å². The third-order valence-electron chi connectivity index (χ3n) is 6.23. The topological polar surface area (TPSA) is 86.6 Å². The van der Waals surface area contributed by atoms with Gasteiger partial charge in [0.2, 0.25) is 17.8 Å². The number of hydrogen-bond acceptors (Lipinski definition) is 7. The van der Waals surface area contributed by atoms with Crippen molar-refractivity contribution in [3.8, 4) is 5.69 Å². The number of hydrogen-bond donors (Lipinski definition) is 1. The molecule has 2 aromatic rings. The largest absolute Gasteiger partial charge is 0.350 e. The highest BCUT2D eigenvalue weighted by Crippen LogP contribution is 2.29. The number of carbonyl (C=O) groups is 2. The Kier molecular flexibility index (Phi) is 8.01. The summed E-state index contributed by atoms with van der Waals surface area (Å²) in [6.45, 7) is 13.0. The Bertz CT molecular complexity index is 1020. The number of amides is 2. The summed E-state index contributed by atoms with van der Waals surface area (Å²) in [6.07, 6.45) is 2.32. The summed E-state index contributed by atoms with van der Waals surface area (Å²) in [5.41, 5.74) is 1.98. The van der Waals surface area contributed by atoms with Gasteiger partial charge in [-0.3, -0.25) is 19.1 Å². The number of carbonyl (C=O) groups excluding carboxylic acids is 2. The molecule has 35 heavy (non-hydrogen) atoms. The molecular weight excluding hydrogens is 462 g/mol. The van der Waals surface area contributed by atoms with Gasteiger partial charge in [-0.2, -0.15) is 0 Å². The zero-order chi connectivity index (χ0) is 25.0. The van der Waals surface area contributed by atoms with Gasteiger partial charge in [-0.15, -0.1) is 10.2 Å². The highest BCUT2D eigenvalue weighted by Gasteiger charge is 2.26. The first-order chi connectivity index (χ1) is 16.7. The minimum absolute atomic E-state index is 0.0251. The van der Waals surface area contributed by atoms with Crippen LogP contribution >= 0.6 is 11.8 Å². The van der Waals surface area contributed by atoms with Gasteiger partial charge in [-0.1, -0.05) is 29.5 Å². The zero-order valence-electron chi connectivity index (χ0n) is 21.3. The Morgan fingerprint density at radius 3 is 2.26 bits per heavy atom. The van der Waals surface area contributed by atoms with Crippen molar-refractivity contribution in [2.75, 3.05) is 56.5 Å². The summed E-state index contributed by atoms with van der Waals surface area (Å²) in [5.74, 6) is 1.28. The molecule has 190 valence electrons. The molecule has 0 spiro atoms. The molecule has 9 nitrogen and oxygen atoms in total. The Morgan fingerprint density at radius 2 is 1.63 bits per heavy atom. The van der Waals surface area contributed by atoms with E-state index in [0.29, 0.717) is 38.5 Å². The second kappa shape index (κ2) is 11.0. The van der Waals surface area contributed by atoms with Gasteiger partial charge in [-0.25, -0.2) is 0 Å². The van der Waals surface area contributed by atoms with Gasteiger partial charge in [0.1, 0.15) is 0 Å². The molecule has 0 atom stereocenters. The van der Waals surface area contributed by atoms with Gasteiger partial charge in [0, 0.05) is 44.8 Å². The van der Waals surface area contributed by atoms with Crippen LogP contribution in [0.1, 0.15) is 39.2 Å². The third-order valence-corrected chi connectivity index (χ3v) is 7.14. The molecule has 3 heterocycles. The Balaban J connectivity index is 1.35. The predicted octanol–water partition coefficient (Wildman–Crippen LogP) is 2.33. The number of rotatable bonds is 7. The van der Waals surface area contributed by atoms with Gasteiger partial charge in [0.05, 0.1) is 18.0 Å². The number of piperazine rings is 1. The fraction of sp³-hybridized carbons (Fsp3) is 0.600. The van der Waals surface area contributed by atoms with Crippen molar-refractivity contribution in [3.63, 3.8) is 0 Å². The van der Waals surface area contributed by atoms with E-state index in [0.717, 1.165) is 42.7 Å². The third kappa shape index (κ3) is 6.76. The molecule has 0 unspecified atom stereocenters. The Morgan fingerprint density at radius 1 is 0.971 bits per heavy atom. The molecule has 10 heteroatoms. The van der Waals surface area contributed by atoms with Crippen LogP contribution in [-0.4, -0.2) is 93.5 Å². The van der Waals surface area contributed by atoms with Crippen molar-refractivity contribution in [2.24, 2.45) is 0 Å². The average Bonchev–Trinajstić information content (AvgIpc) is 3.47. The van der Waals surface area contributed by atoms with Crippen molar-refractivity contribution in [3.05, 3.63) is 29.8 Å². The number of aryl methyl sites for hydroxylation is 1. The average molecular weight is 500 g/mol. The highest BCUT2D eigenvalue weighted by atomic mass is 32.2. The molecule has 0 aliphatic carbocycles. The van der Waals surface area contributed by atoms with Crippen molar-refractivity contribution in [2.45, 2.75) is 51.2 Å². The van der Waals surface area contributed by atoms with Crippen LogP contribution in [0.5, 0.6) is 0 Å². The van der Waals surface area contributed by atoms with Crippen LogP contribution in [-0.2, 0) is 9.59 Å². The van der Waals surface area contributed by atoms with Crippen molar-refractivity contribution >= 4 is 29.5 Å². The van der Waals surface area contributed by atoms with Crippen LogP contribution in [0.4, 0.5) is 5.95 Å². The number of aromatic nitrogens is 3. The lowest BCUT2D eigenvalue weighted by molar-refractivity contribution is -0.130. The molecule has 2 amide bonds. The van der Waals surface area contributed by atoms with Gasteiger partial charge in [0.15, 0.2) is 5.16 Å². The molecule has 0 radical (unpaired) electrons. The van der Waals surface area contributed by atoms with E-state index >= 15 is 0 Å². The summed E-state index contributed by atoms with van der Waals surface area (Å²) in [5, 5.41) is 12.7. The molecule has 2 saturated heterocycles. The SMILES string of the molecule is Cc1ccc(-n2c(SCC(=O)N3CCN(CC(=O)NC(C)(C)C)CC3)nnc2N2CCCC2)cc1. The molecule has 2 fully saturated rings. The van der Waals surface area contributed by atoms with E-state index in [4.69, 9.17) is 0 Å². The van der Waals surface area contributed by atoms with E-state index in [-0.39, 0.29) is 17.4 Å². The van der Waals surface area contributed by atoms with Gasteiger partial charge < -0.3 is 15.1 Å². The lowest BCUT2D eigenvalue weighted by Crippen LogP contribution is -2.53. The smallest absolute Gasteiger partial charge is 0.234 e. The van der Waals surface area contributed by atoms with Crippen molar-refractivity contribution in [1.82, 2.24) is 29.9 Å². The number of benzene rings is 1. The second-order valence-corrected chi connectivity index (χ2v) is 11.3. The maximum absolute atomic E-state index is 13.0. The van der Waals surface area contributed by atoms with Gasteiger partial charge in [0.25, 0.3) is 0 Å². The molecule has 1 aromatic heterocycles. The van der Waals surface area contributed by atoms with Crippen molar-refractivity contribution < 1.29 is 9.59 Å². The number of anilines is 1. The lowest BCUT2D eigenvalue weighted by atomic mass is 10.1. The molecule has 0 saturated carbocycles. The van der Waals surface area contributed by atoms with Crippen LogP contribution < -0.4 is 10.2 Å². The van der Waals surface area contributed by atoms with E-state index in [9.17, 15) is 9.59 Å². The highest BCUT2D eigenvalue weighted by molar-refractivity contribution is 7.99. The molecule has 1 N–H and O–H groups in total. The summed E-state index contributed by atoms with van der Waals surface area (Å²) in [4.78, 5) is 31.5. The molecule has 4 rings (SSSR count). The van der Waals surface area contributed by atoms with E-state index in [1.807, 2.05) is 25.7 Å². The number of thioether (sulfide) groups is 1. The lowest BCUT2D eigenvalue weighted by Gasteiger charge is -2.34. The van der Waals surface area contributed by atoms with E-state index < -0.39 is 0 Å². The van der Waals surface area contributed by atoms with Crippen molar-refractivity contribution in [1.29, 1.82) is 0 Å². The second-order valence-electron chi connectivity index (χ2n) is 10.4. The molecule has 0 bridgehead atoms. The van der Waals surface area contributed by atoms with E-state index in [1.165, 1.54) is 17.3 Å².